The molecule has 1 aliphatic rings. The molecule has 1 amide bonds. The van der Waals surface area contributed by atoms with Crippen LogP contribution in [0.5, 0.6) is 0 Å². The summed E-state index contributed by atoms with van der Waals surface area (Å²) in [6.07, 6.45) is 1.31. The number of hydrogen-bond donors (Lipinski definition) is 1. The van der Waals surface area contributed by atoms with Gasteiger partial charge in [0.25, 0.3) is 0 Å². The maximum absolute atomic E-state index is 12.1. The molecule has 0 radical (unpaired) electrons. The first kappa shape index (κ1) is 17.8. The third kappa shape index (κ3) is 5.52. The number of aromatic nitrogens is 2. The number of nitrogens with zero attached hydrogens (tertiary/aromatic N) is 3. The Morgan fingerprint density at radius 3 is 2.92 bits per heavy atom. The number of ether oxygens (including phenoxy) is 1. The predicted octanol–water partition coefficient (Wildman–Crippen LogP) is 1.77. The highest BCUT2D eigenvalue weighted by Crippen LogP contribution is 2.14. The molecule has 7 nitrogen and oxygen atoms in total. The number of rotatable bonds is 7. The Morgan fingerprint density at radius 1 is 1.28 bits per heavy atom. The maximum atomic E-state index is 12.1. The second kappa shape index (κ2) is 8.94. The van der Waals surface area contributed by atoms with Crippen LogP contribution < -0.4 is 5.32 Å². The zero-order chi connectivity index (χ0) is 17.5. The number of halogens is 1. The normalized spacial score (nSPS) is 15.2. The van der Waals surface area contributed by atoms with Gasteiger partial charge >= 0.3 is 11.8 Å². The quantitative estimate of drug-likeness (QED) is 0.754. The van der Waals surface area contributed by atoms with Gasteiger partial charge in [-0.2, -0.15) is 0 Å². The Hall–Kier alpha value is -1.96. The molecule has 134 valence electrons. The minimum atomic E-state index is -0.341. The Kier molecular flexibility index (Phi) is 6.38. The van der Waals surface area contributed by atoms with E-state index in [2.05, 4.69) is 20.4 Å². The molecule has 3 rings (SSSR count). The minimum Gasteiger partial charge on any atom is -0.417 e. The number of carbonyl (C=O) groups excluding carboxylic acids is 1. The molecule has 0 saturated carbocycles. The summed E-state index contributed by atoms with van der Waals surface area (Å²) in [5.74, 6) is 0.0379. The predicted molar refractivity (Wildman–Crippen MR) is 92.8 cm³/mol. The summed E-state index contributed by atoms with van der Waals surface area (Å²) >= 11 is 5.95. The molecule has 2 heterocycles. The molecule has 1 aromatic heterocycles. The number of hydrogen-bond acceptors (Lipinski definition) is 6. The lowest BCUT2D eigenvalue weighted by atomic mass is 10.1. The van der Waals surface area contributed by atoms with E-state index in [4.69, 9.17) is 20.8 Å². The summed E-state index contributed by atoms with van der Waals surface area (Å²) in [4.78, 5) is 14.4. The molecule has 0 atom stereocenters. The number of carbonyl (C=O) groups is 1. The van der Waals surface area contributed by atoms with Gasteiger partial charge in [0.2, 0.25) is 5.89 Å². The molecule has 0 unspecified atom stereocenters. The van der Waals surface area contributed by atoms with Crippen LogP contribution in [0, 0.1) is 0 Å². The first-order valence-corrected chi connectivity index (χ1v) is 8.73. The van der Waals surface area contributed by atoms with Crippen LogP contribution in [0.25, 0.3) is 0 Å². The zero-order valence-corrected chi connectivity index (χ0v) is 14.7. The van der Waals surface area contributed by atoms with Crippen LogP contribution in [0.1, 0.15) is 28.6 Å². The lowest BCUT2D eigenvalue weighted by Crippen LogP contribution is -2.38. The Balaban J connectivity index is 1.42. The van der Waals surface area contributed by atoms with E-state index in [0.717, 1.165) is 44.8 Å². The van der Waals surface area contributed by atoms with E-state index < -0.39 is 0 Å². The smallest absolute Gasteiger partial charge is 0.308 e. The number of nitrogens with one attached hydrogen (secondary N) is 1. The van der Waals surface area contributed by atoms with Gasteiger partial charge in [0.1, 0.15) is 0 Å². The zero-order valence-electron chi connectivity index (χ0n) is 13.9. The van der Waals surface area contributed by atoms with Crippen molar-refractivity contribution >= 4 is 17.5 Å². The molecular formula is C17H21ClN4O3. The molecule has 1 N–H and O–H groups in total. The van der Waals surface area contributed by atoms with Crippen LogP contribution in [0.2, 0.25) is 5.02 Å². The fraction of sp³-hybridized carbons (Fsp3) is 0.471. The fourth-order valence-corrected chi connectivity index (χ4v) is 2.86. The number of amides is 1. The summed E-state index contributed by atoms with van der Waals surface area (Å²) in [5, 5.41) is 11.2. The van der Waals surface area contributed by atoms with Crippen LogP contribution >= 0.6 is 11.6 Å². The summed E-state index contributed by atoms with van der Waals surface area (Å²) < 4.78 is 10.7. The second-order valence-electron chi connectivity index (χ2n) is 5.87. The van der Waals surface area contributed by atoms with E-state index in [0.29, 0.717) is 23.9 Å². The highest BCUT2D eigenvalue weighted by Gasteiger charge is 2.15. The van der Waals surface area contributed by atoms with E-state index >= 15 is 0 Å². The van der Waals surface area contributed by atoms with Crippen molar-refractivity contribution < 1.29 is 13.9 Å². The molecule has 1 aliphatic heterocycles. The van der Waals surface area contributed by atoms with Crippen LogP contribution in [-0.4, -0.2) is 60.4 Å². The molecule has 8 heteroatoms. The van der Waals surface area contributed by atoms with Crippen LogP contribution in [0.3, 0.4) is 0 Å². The van der Waals surface area contributed by atoms with Crippen LogP contribution in [0.15, 0.2) is 28.7 Å². The summed E-state index contributed by atoms with van der Waals surface area (Å²) in [6, 6.07) is 7.41. The Bertz CT molecular complexity index is 701. The SMILES string of the molecule is O=C(NCCCN1CCOCC1)c1nnc(Cc2cccc(Cl)c2)o1. The van der Waals surface area contributed by atoms with Crippen LogP contribution in [-0.2, 0) is 11.2 Å². The van der Waals surface area contributed by atoms with Gasteiger partial charge in [-0.3, -0.25) is 9.69 Å². The van der Waals surface area contributed by atoms with Gasteiger partial charge in [0.05, 0.1) is 19.6 Å². The highest BCUT2D eigenvalue weighted by atomic mass is 35.5. The third-order valence-corrected chi connectivity index (χ3v) is 4.18. The monoisotopic (exact) mass is 364 g/mol. The summed E-state index contributed by atoms with van der Waals surface area (Å²) in [5.41, 5.74) is 0.952. The molecule has 0 bridgehead atoms. The molecule has 1 saturated heterocycles. The fourth-order valence-electron chi connectivity index (χ4n) is 2.64. The maximum Gasteiger partial charge on any atom is 0.308 e. The van der Waals surface area contributed by atoms with E-state index in [1.54, 1.807) is 6.07 Å². The van der Waals surface area contributed by atoms with Gasteiger partial charge in [-0.25, -0.2) is 0 Å². The molecule has 1 aromatic carbocycles. The van der Waals surface area contributed by atoms with Crippen molar-refractivity contribution in [2.45, 2.75) is 12.8 Å². The molecule has 1 fully saturated rings. The van der Waals surface area contributed by atoms with Crippen molar-refractivity contribution in [3.63, 3.8) is 0 Å². The molecule has 0 spiro atoms. The van der Waals surface area contributed by atoms with Crippen molar-refractivity contribution in [1.82, 2.24) is 20.4 Å². The van der Waals surface area contributed by atoms with E-state index in [1.807, 2.05) is 18.2 Å². The first-order chi connectivity index (χ1) is 12.2. The Labute approximate surface area is 151 Å². The van der Waals surface area contributed by atoms with Crippen molar-refractivity contribution in [2.75, 3.05) is 39.4 Å². The highest BCUT2D eigenvalue weighted by molar-refractivity contribution is 6.30. The number of morpholine rings is 1. The Morgan fingerprint density at radius 2 is 2.12 bits per heavy atom. The van der Waals surface area contributed by atoms with Gasteiger partial charge in [0, 0.05) is 24.7 Å². The molecule has 25 heavy (non-hydrogen) atoms. The molecule has 0 aliphatic carbocycles. The van der Waals surface area contributed by atoms with Crippen molar-refractivity contribution in [3.8, 4) is 0 Å². The van der Waals surface area contributed by atoms with Crippen molar-refractivity contribution in [2.24, 2.45) is 0 Å². The minimum absolute atomic E-state index is 0.0107. The molecule has 2 aromatic rings. The van der Waals surface area contributed by atoms with Gasteiger partial charge < -0.3 is 14.5 Å². The first-order valence-electron chi connectivity index (χ1n) is 8.36. The molecular weight excluding hydrogens is 344 g/mol. The van der Waals surface area contributed by atoms with Gasteiger partial charge in [-0.15, -0.1) is 10.2 Å². The third-order valence-electron chi connectivity index (χ3n) is 3.95. The van der Waals surface area contributed by atoms with Gasteiger partial charge in [0.15, 0.2) is 0 Å². The van der Waals surface area contributed by atoms with E-state index in [1.165, 1.54) is 0 Å². The lowest BCUT2D eigenvalue weighted by Gasteiger charge is -2.26. The lowest BCUT2D eigenvalue weighted by molar-refractivity contribution is 0.0374. The largest absolute Gasteiger partial charge is 0.417 e. The van der Waals surface area contributed by atoms with Crippen molar-refractivity contribution in [1.29, 1.82) is 0 Å². The average molecular weight is 365 g/mol. The number of benzene rings is 1. The summed E-state index contributed by atoms with van der Waals surface area (Å²) in [7, 11) is 0. The topological polar surface area (TPSA) is 80.5 Å². The standard InChI is InChI=1S/C17H21ClN4O3/c18-14-4-1-3-13(11-14)12-15-20-21-17(25-15)16(23)19-5-2-6-22-7-9-24-10-8-22/h1,3-4,11H,2,5-10,12H2,(H,19,23). The average Bonchev–Trinajstić information content (AvgIpc) is 3.08. The summed E-state index contributed by atoms with van der Waals surface area (Å²) in [6.45, 7) is 4.97. The van der Waals surface area contributed by atoms with E-state index in [9.17, 15) is 4.79 Å². The van der Waals surface area contributed by atoms with E-state index in [-0.39, 0.29) is 11.8 Å². The van der Waals surface area contributed by atoms with Gasteiger partial charge in [-0.05, 0) is 30.7 Å². The second-order valence-corrected chi connectivity index (χ2v) is 6.31. The van der Waals surface area contributed by atoms with Gasteiger partial charge in [-0.1, -0.05) is 23.7 Å². The van der Waals surface area contributed by atoms with Crippen LogP contribution in [0.4, 0.5) is 0 Å². The van der Waals surface area contributed by atoms with Crippen molar-refractivity contribution in [3.05, 3.63) is 46.6 Å².